The van der Waals surface area contributed by atoms with Crippen LogP contribution in [0.2, 0.25) is 0 Å². The fourth-order valence-corrected chi connectivity index (χ4v) is 5.44. The number of rotatable bonds is 8. The summed E-state index contributed by atoms with van der Waals surface area (Å²) in [6, 6.07) is 20.4. The molecule has 0 bridgehead atoms. The van der Waals surface area contributed by atoms with Crippen LogP contribution in [0.5, 0.6) is 0 Å². The van der Waals surface area contributed by atoms with Crippen LogP contribution in [-0.4, -0.2) is 56.7 Å². The van der Waals surface area contributed by atoms with Crippen LogP contribution >= 0.6 is 0 Å². The number of carbonyl (C=O) groups excluding carboxylic acids is 1. The van der Waals surface area contributed by atoms with Crippen LogP contribution in [0, 0.1) is 6.92 Å². The number of nitrogens with zero attached hydrogens (tertiary/aromatic N) is 6. The second-order valence-electron chi connectivity index (χ2n) is 10.1. The molecule has 5 rings (SSSR count). The van der Waals surface area contributed by atoms with Crippen LogP contribution in [0.4, 0.5) is 5.82 Å². The predicted octanol–water partition coefficient (Wildman–Crippen LogP) is 5.70. The van der Waals surface area contributed by atoms with Crippen LogP contribution in [0.25, 0.3) is 16.7 Å². The lowest BCUT2D eigenvalue weighted by Crippen LogP contribution is -2.38. The second-order valence-corrected chi connectivity index (χ2v) is 10.1. The molecule has 198 valence electrons. The lowest BCUT2D eigenvalue weighted by Gasteiger charge is -2.26. The minimum Gasteiger partial charge on any atom is -0.354 e. The molecule has 0 radical (unpaired) electrons. The molecule has 4 aromatic rings. The Morgan fingerprint density at radius 3 is 2.37 bits per heavy atom. The van der Waals surface area contributed by atoms with E-state index in [0.717, 1.165) is 91.4 Å². The lowest BCUT2D eigenvalue weighted by atomic mass is 9.95. The zero-order chi connectivity index (χ0) is 26.5. The normalized spacial score (nSPS) is 15.0. The van der Waals surface area contributed by atoms with Gasteiger partial charge in [0.15, 0.2) is 5.65 Å². The van der Waals surface area contributed by atoms with Crippen molar-refractivity contribution in [1.29, 1.82) is 0 Å². The zero-order valence-electron chi connectivity index (χ0n) is 22.8. The number of carbonyl (C=O) groups is 1. The van der Waals surface area contributed by atoms with Crippen LogP contribution in [0.3, 0.4) is 0 Å². The third kappa shape index (κ3) is 5.28. The number of amides is 1. The van der Waals surface area contributed by atoms with E-state index in [1.807, 2.05) is 48.0 Å². The fourth-order valence-electron chi connectivity index (χ4n) is 5.44. The first-order chi connectivity index (χ1) is 18.6. The van der Waals surface area contributed by atoms with Crippen molar-refractivity contribution in [3.8, 4) is 5.69 Å². The standard InChI is InChI=1S/C31H38N6O/c1-4-6-18-27-32-29(28-23(3)34-37(30(28)33-27)25-16-11-8-12-17-25)35-19-13-20-36(22-21-35)31(38)26(5-2)24-14-9-7-10-15-24/h7-12,14-17,26H,4-6,13,18-22H2,1-3H3/t26-/m1/s1. The van der Waals surface area contributed by atoms with Crippen molar-refractivity contribution < 1.29 is 4.79 Å². The Balaban J connectivity index is 1.46. The SMILES string of the molecule is CCCCc1nc(N2CCCN(C(=O)[C@H](CC)c3ccccc3)CC2)c2c(C)nn(-c3ccccc3)c2n1. The Morgan fingerprint density at radius 1 is 0.921 bits per heavy atom. The van der Waals surface area contributed by atoms with Gasteiger partial charge in [-0.3, -0.25) is 4.79 Å². The van der Waals surface area contributed by atoms with Gasteiger partial charge >= 0.3 is 0 Å². The molecular weight excluding hydrogens is 472 g/mol. The molecule has 0 aliphatic carbocycles. The summed E-state index contributed by atoms with van der Waals surface area (Å²) >= 11 is 0. The third-order valence-electron chi connectivity index (χ3n) is 7.50. The first kappa shape index (κ1) is 25.9. The molecule has 0 N–H and O–H groups in total. The molecule has 1 aliphatic heterocycles. The lowest BCUT2D eigenvalue weighted by molar-refractivity contribution is -0.132. The van der Waals surface area contributed by atoms with Gasteiger partial charge < -0.3 is 9.80 Å². The maximum atomic E-state index is 13.6. The van der Waals surface area contributed by atoms with E-state index in [1.54, 1.807) is 0 Å². The molecule has 3 heterocycles. The molecule has 1 fully saturated rings. The number of aromatic nitrogens is 4. The molecule has 7 heteroatoms. The Bertz CT molecular complexity index is 1370. The first-order valence-electron chi connectivity index (χ1n) is 14.0. The van der Waals surface area contributed by atoms with Crippen molar-refractivity contribution in [2.24, 2.45) is 0 Å². The molecule has 1 saturated heterocycles. The number of hydrogen-bond donors (Lipinski definition) is 0. The molecule has 38 heavy (non-hydrogen) atoms. The maximum Gasteiger partial charge on any atom is 0.230 e. The van der Waals surface area contributed by atoms with Gasteiger partial charge in [-0.2, -0.15) is 5.10 Å². The molecule has 1 atom stereocenters. The summed E-state index contributed by atoms with van der Waals surface area (Å²) < 4.78 is 1.95. The highest BCUT2D eigenvalue weighted by Gasteiger charge is 2.28. The largest absolute Gasteiger partial charge is 0.354 e. The molecule has 1 amide bonds. The minimum atomic E-state index is -0.0968. The quantitative estimate of drug-likeness (QED) is 0.304. The van der Waals surface area contributed by atoms with E-state index in [9.17, 15) is 4.79 Å². The molecule has 0 saturated carbocycles. The van der Waals surface area contributed by atoms with Crippen molar-refractivity contribution in [3.63, 3.8) is 0 Å². The van der Waals surface area contributed by atoms with E-state index >= 15 is 0 Å². The van der Waals surface area contributed by atoms with Gasteiger partial charge in [0, 0.05) is 32.6 Å². The van der Waals surface area contributed by atoms with E-state index in [0.29, 0.717) is 6.54 Å². The number of hydrogen-bond acceptors (Lipinski definition) is 5. The Hall–Kier alpha value is -3.74. The average molecular weight is 511 g/mol. The summed E-state index contributed by atoms with van der Waals surface area (Å²) in [5, 5.41) is 5.90. The van der Waals surface area contributed by atoms with Crippen LogP contribution in [-0.2, 0) is 11.2 Å². The summed E-state index contributed by atoms with van der Waals surface area (Å²) in [6.07, 6.45) is 4.68. The van der Waals surface area contributed by atoms with Crippen LogP contribution in [0.15, 0.2) is 60.7 Å². The van der Waals surface area contributed by atoms with Gasteiger partial charge in [-0.15, -0.1) is 0 Å². The van der Waals surface area contributed by atoms with E-state index in [2.05, 4.69) is 47.9 Å². The van der Waals surface area contributed by atoms with Crippen molar-refractivity contribution >= 4 is 22.8 Å². The second kappa shape index (κ2) is 11.8. The zero-order valence-corrected chi connectivity index (χ0v) is 22.8. The van der Waals surface area contributed by atoms with Gasteiger partial charge in [0.2, 0.25) is 5.91 Å². The summed E-state index contributed by atoms with van der Waals surface area (Å²) in [5.74, 6) is 1.94. The molecule has 1 aliphatic rings. The molecule has 7 nitrogen and oxygen atoms in total. The van der Waals surface area contributed by atoms with Gasteiger partial charge in [-0.1, -0.05) is 68.8 Å². The highest BCUT2D eigenvalue weighted by molar-refractivity contribution is 5.91. The van der Waals surface area contributed by atoms with Crippen LogP contribution < -0.4 is 4.90 Å². The summed E-state index contributed by atoms with van der Waals surface area (Å²) in [6.45, 7) is 9.37. The number of unbranched alkanes of at least 4 members (excludes halogenated alkanes) is 1. The minimum absolute atomic E-state index is 0.0968. The highest BCUT2D eigenvalue weighted by Crippen LogP contribution is 2.30. The monoisotopic (exact) mass is 510 g/mol. The Morgan fingerprint density at radius 2 is 1.66 bits per heavy atom. The van der Waals surface area contributed by atoms with Crippen molar-refractivity contribution in [3.05, 3.63) is 77.7 Å². The van der Waals surface area contributed by atoms with Gasteiger partial charge in [0.1, 0.15) is 11.6 Å². The number of anilines is 1. The molecule has 2 aromatic carbocycles. The smallest absolute Gasteiger partial charge is 0.230 e. The topological polar surface area (TPSA) is 67.2 Å². The molecular formula is C31H38N6O. The third-order valence-corrected chi connectivity index (χ3v) is 7.50. The number of fused-ring (bicyclic) bond motifs is 1. The van der Waals surface area contributed by atoms with E-state index in [-0.39, 0.29) is 11.8 Å². The van der Waals surface area contributed by atoms with Gasteiger partial charge in [0.25, 0.3) is 0 Å². The average Bonchev–Trinajstić information content (AvgIpc) is 3.12. The fraction of sp³-hybridized carbons (Fsp3) is 0.419. The summed E-state index contributed by atoms with van der Waals surface area (Å²) in [5.41, 5.74) is 3.88. The van der Waals surface area contributed by atoms with Gasteiger partial charge in [0.05, 0.1) is 22.7 Å². The van der Waals surface area contributed by atoms with Crippen molar-refractivity contribution in [1.82, 2.24) is 24.6 Å². The number of aryl methyl sites for hydroxylation is 2. The summed E-state index contributed by atoms with van der Waals surface area (Å²) in [4.78, 5) is 28.1. The van der Waals surface area contributed by atoms with E-state index in [1.165, 1.54) is 0 Å². The Kier molecular flexibility index (Phi) is 8.01. The van der Waals surface area contributed by atoms with Crippen molar-refractivity contribution in [2.75, 3.05) is 31.1 Å². The molecule has 0 unspecified atom stereocenters. The molecule has 0 spiro atoms. The maximum absolute atomic E-state index is 13.6. The van der Waals surface area contributed by atoms with Gasteiger partial charge in [-0.05, 0) is 43.9 Å². The highest BCUT2D eigenvalue weighted by atomic mass is 16.2. The first-order valence-corrected chi connectivity index (χ1v) is 14.0. The number of benzene rings is 2. The van der Waals surface area contributed by atoms with Crippen molar-refractivity contribution in [2.45, 2.75) is 58.8 Å². The van der Waals surface area contributed by atoms with E-state index < -0.39 is 0 Å². The predicted molar refractivity (Wildman–Crippen MR) is 153 cm³/mol. The van der Waals surface area contributed by atoms with Gasteiger partial charge in [-0.25, -0.2) is 14.6 Å². The van der Waals surface area contributed by atoms with E-state index in [4.69, 9.17) is 15.1 Å². The summed E-state index contributed by atoms with van der Waals surface area (Å²) in [7, 11) is 0. The molecule has 2 aromatic heterocycles. The van der Waals surface area contributed by atoms with Crippen LogP contribution in [0.1, 0.15) is 62.5 Å². The Labute approximate surface area is 225 Å². The number of para-hydroxylation sites is 1.